The minimum atomic E-state index is 0. The van der Waals surface area contributed by atoms with Crippen molar-refractivity contribution in [2.24, 2.45) is 23.9 Å². The molecule has 1 atom stereocenters. The number of halogens is 1. The van der Waals surface area contributed by atoms with Gasteiger partial charge in [0.2, 0.25) is 5.91 Å². The van der Waals surface area contributed by atoms with Crippen molar-refractivity contribution in [2.75, 3.05) is 13.1 Å². The van der Waals surface area contributed by atoms with Crippen molar-refractivity contribution in [3.8, 4) is 0 Å². The van der Waals surface area contributed by atoms with Gasteiger partial charge in [0.1, 0.15) is 0 Å². The number of nitrogens with one attached hydrogen (secondary N) is 1. The minimum Gasteiger partial charge on any atom is -0.327 e. The van der Waals surface area contributed by atoms with Crippen molar-refractivity contribution in [2.45, 2.75) is 26.2 Å². The monoisotopic (exact) mass is 303 g/mol. The topological polar surface area (TPSA) is 46.4 Å². The Morgan fingerprint density at radius 2 is 2.26 bits per heavy atom. The van der Waals surface area contributed by atoms with E-state index < -0.39 is 0 Å². The van der Waals surface area contributed by atoms with E-state index in [4.69, 9.17) is 0 Å². The lowest BCUT2D eigenvalue weighted by atomic mass is 9.84. The minimum absolute atomic E-state index is 0. The third-order valence-electron chi connectivity index (χ3n) is 3.67. The highest BCUT2D eigenvalue weighted by molar-refractivity contribution is 7.07. The quantitative estimate of drug-likeness (QED) is 0.928. The first-order valence-electron chi connectivity index (χ1n) is 6.55. The predicted octanol–water partition coefficient (Wildman–Crippen LogP) is 1.96. The molecule has 1 aromatic rings. The van der Waals surface area contributed by atoms with Crippen LogP contribution in [0.25, 0.3) is 0 Å². The van der Waals surface area contributed by atoms with E-state index in [2.05, 4.69) is 17.2 Å². The van der Waals surface area contributed by atoms with E-state index in [0.29, 0.717) is 18.3 Å². The van der Waals surface area contributed by atoms with Crippen LogP contribution in [0.4, 0.5) is 0 Å². The molecule has 2 heterocycles. The van der Waals surface area contributed by atoms with Gasteiger partial charge in [-0.1, -0.05) is 6.92 Å². The summed E-state index contributed by atoms with van der Waals surface area (Å²) in [5.74, 6) is 1.12. The Morgan fingerprint density at radius 1 is 1.58 bits per heavy atom. The molecule has 1 unspecified atom stereocenters. The SMILES string of the molecule is CC(CC(=O)N=c1sccn1C)C1CCNCC1.Cl. The first kappa shape index (κ1) is 16.4. The van der Waals surface area contributed by atoms with Crippen LogP contribution >= 0.6 is 23.7 Å². The summed E-state index contributed by atoms with van der Waals surface area (Å²) >= 11 is 1.51. The van der Waals surface area contributed by atoms with E-state index in [9.17, 15) is 4.79 Å². The Morgan fingerprint density at radius 3 is 2.84 bits per heavy atom. The van der Waals surface area contributed by atoms with Crippen LogP contribution in [0.3, 0.4) is 0 Å². The maximum Gasteiger partial charge on any atom is 0.248 e. The van der Waals surface area contributed by atoms with Crippen LogP contribution in [0, 0.1) is 11.8 Å². The highest BCUT2D eigenvalue weighted by Gasteiger charge is 2.21. The second-order valence-electron chi connectivity index (χ2n) is 5.07. The molecule has 0 radical (unpaired) electrons. The molecule has 1 aromatic heterocycles. The largest absolute Gasteiger partial charge is 0.327 e. The number of hydrogen-bond donors (Lipinski definition) is 1. The standard InChI is InChI=1S/C13H21N3OS.ClH/c1-10(11-3-5-14-6-4-11)9-12(17)15-13-16(2)7-8-18-13;/h7-8,10-11,14H,3-6,9H2,1-2H3;1H. The van der Waals surface area contributed by atoms with Crippen molar-refractivity contribution in [3.05, 3.63) is 16.4 Å². The highest BCUT2D eigenvalue weighted by atomic mass is 35.5. The first-order valence-corrected chi connectivity index (χ1v) is 7.43. The Bertz CT molecular complexity index is 462. The third kappa shape index (κ3) is 4.75. The normalized spacial score (nSPS) is 18.9. The number of piperidine rings is 1. The molecule has 19 heavy (non-hydrogen) atoms. The molecule has 0 aromatic carbocycles. The molecule has 1 aliphatic rings. The zero-order chi connectivity index (χ0) is 13.0. The van der Waals surface area contributed by atoms with Gasteiger partial charge in [-0.15, -0.1) is 23.7 Å². The van der Waals surface area contributed by atoms with Crippen LogP contribution in [0.2, 0.25) is 0 Å². The van der Waals surface area contributed by atoms with Gasteiger partial charge in [0.25, 0.3) is 0 Å². The Balaban J connectivity index is 0.00000180. The van der Waals surface area contributed by atoms with Crippen LogP contribution in [0.5, 0.6) is 0 Å². The number of aryl methyl sites for hydroxylation is 1. The maximum absolute atomic E-state index is 11.9. The number of carbonyl (C=O) groups excluding carboxylic acids is 1. The molecule has 108 valence electrons. The Hall–Kier alpha value is -0.650. The second kappa shape index (κ2) is 7.82. The molecule has 0 aliphatic carbocycles. The van der Waals surface area contributed by atoms with Gasteiger partial charge >= 0.3 is 0 Å². The van der Waals surface area contributed by atoms with Gasteiger partial charge < -0.3 is 9.88 Å². The van der Waals surface area contributed by atoms with Crippen LogP contribution in [-0.4, -0.2) is 23.6 Å². The molecular weight excluding hydrogens is 282 g/mol. The van der Waals surface area contributed by atoms with Crippen LogP contribution in [0.1, 0.15) is 26.2 Å². The lowest BCUT2D eigenvalue weighted by molar-refractivity contribution is -0.119. The lowest BCUT2D eigenvalue weighted by Gasteiger charge is -2.27. The summed E-state index contributed by atoms with van der Waals surface area (Å²) in [6.07, 6.45) is 4.86. The molecule has 0 spiro atoms. The number of amides is 1. The fraction of sp³-hybridized carbons (Fsp3) is 0.692. The van der Waals surface area contributed by atoms with Gasteiger partial charge in [-0.25, -0.2) is 0 Å². The van der Waals surface area contributed by atoms with Crippen LogP contribution in [-0.2, 0) is 11.8 Å². The molecule has 6 heteroatoms. The number of thiazole rings is 1. The summed E-state index contributed by atoms with van der Waals surface area (Å²) in [5, 5.41) is 5.30. The average molecular weight is 304 g/mol. The molecule has 1 aliphatic heterocycles. The van der Waals surface area contributed by atoms with Crippen molar-refractivity contribution >= 4 is 29.7 Å². The van der Waals surface area contributed by atoms with Gasteiger partial charge in [-0.2, -0.15) is 4.99 Å². The second-order valence-corrected chi connectivity index (χ2v) is 5.94. The summed E-state index contributed by atoms with van der Waals surface area (Å²) in [6, 6.07) is 0. The van der Waals surface area contributed by atoms with Gasteiger partial charge in [-0.3, -0.25) is 4.79 Å². The van der Waals surface area contributed by atoms with Gasteiger partial charge in [-0.05, 0) is 37.8 Å². The lowest BCUT2D eigenvalue weighted by Crippen LogP contribution is -2.31. The van der Waals surface area contributed by atoms with E-state index in [0.717, 1.165) is 17.9 Å². The van der Waals surface area contributed by atoms with Crippen molar-refractivity contribution in [3.63, 3.8) is 0 Å². The van der Waals surface area contributed by atoms with E-state index >= 15 is 0 Å². The van der Waals surface area contributed by atoms with Gasteiger partial charge in [0, 0.05) is 25.0 Å². The molecule has 1 fully saturated rings. The van der Waals surface area contributed by atoms with Crippen LogP contribution < -0.4 is 10.1 Å². The molecule has 4 nitrogen and oxygen atoms in total. The van der Waals surface area contributed by atoms with Gasteiger partial charge in [0.15, 0.2) is 4.80 Å². The zero-order valence-electron chi connectivity index (χ0n) is 11.5. The van der Waals surface area contributed by atoms with Crippen molar-refractivity contribution < 1.29 is 4.79 Å². The summed E-state index contributed by atoms with van der Waals surface area (Å²) in [5.41, 5.74) is 0. The van der Waals surface area contributed by atoms with Crippen molar-refractivity contribution in [1.82, 2.24) is 9.88 Å². The molecule has 2 rings (SSSR count). The highest BCUT2D eigenvalue weighted by Crippen LogP contribution is 2.24. The zero-order valence-corrected chi connectivity index (χ0v) is 13.1. The van der Waals surface area contributed by atoms with Crippen molar-refractivity contribution in [1.29, 1.82) is 0 Å². The molecular formula is C13H22ClN3OS. The average Bonchev–Trinajstić information content (AvgIpc) is 2.76. The smallest absolute Gasteiger partial charge is 0.248 e. The number of carbonyl (C=O) groups is 1. The van der Waals surface area contributed by atoms with E-state index in [1.165, 1.54) is 24.2 Å². The molecule has 1 amide bonds. The number of rotatable bonds is 3. The number of nitrogens with zero attached hydrogens (tertiary/aromatic N) is 2. The molecule has 1 N–H and O–H groups in total. The molecule has 0 saturated carbocycles. The summed E-state index contributed by atoms with van der Waals surface area (Å²) < 4.78 is 1.89. The Kier molecular flexibility index (Phi) is 6.75. The molecule has 0 bridgehead atoms. The van der Waals surface area contributed by atoms with E-state index in [1.807, 2.05) is 23.2 Å². The van der Waals surface area contributed by atoms with Crippen LogP contribution in [0.15, 0.2) is 16.6 Å². The summed E-state index contributed by atoms with van der Waals surface area (Å²) in [7, 11) is 1.92. The molecule has 1 saturated heterocycles. The maximum atomic E-state index is 11.9. The summed E-state index contributed by atoms with van der Waals surface area (Å²) in [6.45, 7) is 4.35. The predicted molar refractivity (Wildman–Crippen MR) is 80.5 cm³/mol. The fourth-order valence-electron chi connectivity index (χ4n) is 2.44. The third-order valence-corrected chi connectivity index (χ3v) is 4.51. The van der Waals surface area contributed by atoms with E-state index in [1.54, 1.807) is 0 Å². The number of hydrogen-bond acceptors (Lipinski definition) is 3. The fourth-order valence-corrected chi connectivity index (χ4v) is 3.19. The number of aromatic nitrogens is 1. The summed E-state index contributed by atoms with van der Waals surface area (Å²) in [4.78, 5) is 16.9. The first-order chi connectivity index (χ1) is 8.66. The Labute approximate surface area is 124 Å². The van der Waals surface area contributed by atoms with Gasteiger partial charge in [0.05, 0.1) is 0 Å². The van der Waals surface area contributed by atoms with E-state index in [-0.39, 0.29) is 18.3 Å².